The van der Waals surface area contributed by atoms with Gasteiger partial charge in [0.05, 0.1) is 0 Å². The molecule has 0 heterocycles. The Morgan fingerprint density at radius 2 is 1.92 bits per heavy atom. The van der Waals surface area contributed by atoms with Crippen molar-refractivity contribution in [3.8, 4) is 0 Å². The van der Waals surface area contributed by atoms with Crippen LogP contribution in [0.3, 0.4) is 0 Å². The van der Waals surface area contributed by atoms with Gasteiger partial charge in [-0.25, -0.2) is 0 Å². The van der Waals surface area contributed by atoms with Crippen molar-refractivity contribution in [3.05, 3.63) is 0 Å². The molecule has 2 aliphatic rings. The van der Waals surface area contributed by atoms with Crippen molar-refractivity contribution in [2.45, 2.75) is 51.5 Å². The van der Waals surface area contributed by atoms with Gasteiger partial charge < -0.3 is 5.32 Å². The molecule has 2 heteroatoms. The molecule has 0 bridgehead atoms. The molecule has 0 aromatic carbocycles. The second kappa shape index (κ2) is 2.75. The van der Waals surface area contributed by atoms with E-state index in [-0.39, 0.29) is 5.41 Å². The van der Waals surface area contributed by atoms with Gasteiger partial charge in [-0.1, -0.05) is 19.8 Å². The third-order valence-corrected chi connectivity index (χ3v) is 3.24. The first kappa shape index (κ1) is 8.09. The predicted molar refractivity (Wildman–Crippen MR) is 47.7 cm³/mol. The molecule has 1 amide bonds. The monoisotopic (exact) mass is 167 g/mol. The highest BCUT2D eigenvalue weighted by Crippen LogP contribution is 2.45. The maximum atomic E-state index is 11.6. The SMILES string of the molecule is CC1(C(=O)NC2CCCC2)CC1. The van der Waals surface area contributed by atoms with Crippen molar-refractivity contribution in [2.24, 2.45) is 5.41 Å². The van der Waals surface area contributed by atoms with Gasteiger partial charge in [-0.3, -0.25) is 4.79 Å². The molecule has 0 unspecified atom stereocenters. The average Bonchev–Trinajstić information content (AvgIpc) is 2.63. The Hall–Kier alpha value is -0.530. The van der Waals surface area contributed by atoms with Crippen LogP contribution >= 0.6 is 0 Å². The maximum absolute atomic E-state index is 11.6. The topological polar surface area (TPSA) is 29.1 Å². The Balaban J connectivity index is 1.82. The van der Waals surface area contributed by atoms with E-state index in [4.69, 9.17) is 0 Å². The number of carbonyl (C=O) groups is 1. The van der Waals surface area contributed by atoms with E-state index in [0.717, 1.165) is 12.8 Å². The highest BCUT2D eigenvalue weighted by molar-refractivity contribution is 5.85. The molecule has 1 N–H and O–H groups in total. The zero-order valence-corrected chi connectivity index (χ0v) is 7.73. The first-order valence-electron chi connectivity index (χ1n) is 5.02. The van der Waals surface area contributed by atoms with Gasteiger partial charge in [0.2, 0.25) is 5.91 Å². The quantitative estimate of drug-likeness (QED) is 0.668. The van der Waals surface area contributed by atoms with E-state index >= 15 is 0 Å². The second-order valence-corrected chi connectivity index (χ2v) is 4.52. The number of amides is 1. The summed E-state index contributed by atoms with van der Waals surface area (Å²) in [6, 6.07) is 0.495. The fourth-order valence-corrected chi connectivity index (χ4v) is 1.84. The van der Waals surface area contributed by atoms with E-state index in [2.05, 4.69) is 12.2 Å². The van der Waals surface area contributed by atoms with Crippen LogP contribution in [0.5, 0.6) is 0 Å². The summed E-state index contributed by atoms with van der Waals surface area (Å²) in [5.74, 6) is 0.300. The third-order valence-electron chi connectivity index (χ3n) is 3.24. The Morgan fingerprint density at radius 1 is 1.33 bits per heavy atom. The number of nitrogens with one attached hydrogen (secondary N) is 1. The summed E-state index contributed by atoms with van der Waals surface area (Å²) in [5, 5.41) is 3.14. The van der Waals surface area contributed by atoms with Crippen molar-refractivity contribution in [3.63, 3.8) is 0 Å². The van der Waals surface area contributed by atoms with E-state index in [1.807, 2.05) is 0 Å². The van der Waals surface area contributed by atoms with E-state index in [9.17, 15) is 4.79 Å². The van der Waals surface area contributed by atoms with Crippen LogP contribution in [0.1, 0.15) is 45.4 Å². The number of hydrogen-bond donors (Lipinski definition) is 1. The van der Waals surface area contributed by atoms with Crippen molar-refractivity contribution < 1.29 is 4.79 Å². The second-order valence-electron chi connectivity index (χ2n) is 4.52. The van der Waals surface area contributed by atoms with E-state index < -0.39 is 0 Å². The van der Waals surface area contributed by atoms with E-state index in [1.165, 1.54) is 25.7 Å². The smallest absolute Gasteiger partial charge is 0.226 e. The van der Waals surface area contributed by atoms with Crippen LogP contribution in [-0.4, -0.2) is 11.9 Å². The molecule has 2 fully saturated rings. The molecule has 2 rings (SSSR count). The first-order valence-corrected chi connectivity index (χ1v) is 5.02. The number of carbonyl (C=O) groups excluding carboxylic acids is 1. The standard InChI is InChI=1S/C10H17NO/c1-10(6-7-10)9(12)11-8-4-2-3-5-8/h8H,2-7H2,1H3,(H,11,12). The molecule has 0 spiro atoms. The van der Waals surface area contributed by atoms with Crippen molar-refractivity contribution in [1.29, 1.82) is 0 Å². The van der Waals surface area contributed by atoms with Gasteiger partial charge >= 0.3 is 0 Å². The molecule has 2 nitrogen and oxygen atoms in total. The minimum Gasteiger partial charge on any atom is -0.353 e. The van der Waals surface area contributed by atoms with Crippen LogP contribution in [0.4, 0.5) is 0 Å². The van der Waals surface area contributed by atoms with E-state index in [0.29, 0.717) is 11.9 Å². The summed E-state index contributed by atoms with van der Waals surface area (Å²) in [6.45, 7) is 2.07. The van der Waals surface area contributed by atoms with Crippen molar-refractivity contribution in [1.82, 2.24) is 5.32 Å². The lowest BCUT2D eigenvalue weighted by molar-refractivity contribution is -0.126. The van der Waals surface area contributed by atoms with Crippen molar-refractivity contribution in [2.75, 3.05) is 0 Å². The van der Waals surface area contributed by atoms with Crippen LogP contribution in [0.15, 0.2) is 0 Å². The molecule has 68 valence electrons. The largest absolute Gasteiger partial charge is 0.353 e. The Bertz CT molecular complexity index is 190. The molecule has 12 heavy (non-hydrogen) atoms. The maximum Gasteiger partial charge on any atom is 0.226 e. The van der Waals surface area contributed by atoms with Gasteiger partial charge in [0.25, 0.3) is 0 Å². The molecule has 0 aromatic rings. The molecule has 2 aliphatic carbocycles. The summed E-state index contributed by atoms with van der Waals surface area (Å²) in [7, 11) is 0. The highest BCUT2D eigenvalue weighted by Gasteiger charge is 2.45. The summed E-state index contributed by atoms with van der Waals surface area (Å²) >= 11 is 0. The van der Waals surface area contributed by atoms with Crippen LogP contribution in [0.2, 0.25) is 0 Å². The summed E-state index contributed by atoms with van der Waals surface area (Å²) in [6.07, 6.45) is 7.16. The molecule has 0 radical (unpaired) electrons. The number of rotatable bonds is 2. The fraction of sp³-hybridized carbons (Fsp3) is 0.900. The summed E-state index contributed by atoms with van der Waals surface area (Å²) < 4.78 is 0. The summed E-state index contributed by atoms with van der Waals surface area (Å²) in [4.78, 5) is 11.6. The lowest BCUT2D eigenvalue weighted by Gasteiger charge is -2.15. The van der Waals surface area contributed by atoms with Crippen molar-refractivity contribution >= 4 is 5.91 Å². The molecular formula is C10H17NO. The van der Waals surface area contributed by atoms with Gasteiger partial charge in [0.1, 0.15) is 0 Å². The van der Waals surface area contributed by atoms with Gasteiger partial charge in [-0.2, -0.15) is 0 Å². The normalized spacial score (nSPS) is 27.1. The number of hydrogen-bond acceptors (Lipinski definition) is 1. The lowest BCUT2D eigenvalue weighted by Crippen LogP contribution is -2.37. The molecule has 0 aliphatic heterocycles. The Kier molecular flexibility index (Phi) is 1.85. The molecule has 0 atom stereocenters. The van der Waals surface area contributed by atoms with Crippen LogP contribution in [0.25, 0.3) is 0 Å². The first-order chi connectivity index (χ1) is 5.71. The third kappa shape index (κ3) is 1.47. The fourth-order valence-electron chi connectivity index (χ4n) is 1.84. The zero-order chi connectivity index (χ0) is 8.60. The molecule has 0 saturated heterocycles. The Labute approximate surface area is 73.7 Å². The van der Waals surface area contributed by atoms with E-state index in [1.54, 1.807) is 0 Å². The Morgan fingerprint density at radius 3 is 2.42 bits per heavy atom. The van der Waals surface area contributed by atoms with Gasteiger partial charge in [-0.05, 0) is 25.7 Å². The van der Waals surface area contributed by atoms with Crippen LogP contribution in [0, 0.1) is 5.41 Å². The van der Waals surface area contributed by atoms with Crippen LogP contribution in [-0.2, 0) is 4.79 Å². The lowest BCUT2D eigenvalue weighted by atomic mass is 10.1. The molecule has 2 saturated carbocycles. The molecular weight excluding hydrogens is 150 g/mol. The van der Waals surface area contributed by atoms with Crippen LogP contribution < -0.4 is 5.32 Å². The zero-order valence-electron chi connectivity index (χ0n) is 7.73. The average molecular weight is 167 g/mol. The highest BCUT2D eigenvalue weighted by atomic mass is 16.2. The predicted octanol–water partition coefficient (Wildman–Crippen LogP) is 1.85. The minimum atomic E-state index is 0.0165. The minimum absolute atomic E-state index is 0.0165. The van der Waals surface area contributed by atoms with Gasteiger partial charge in [0.15, 0.2) is 0 Å². The van der Waals surface area contributed by atoms with Gasteiger partial charge in [0, 0.05) is 11.5 Å². The molecule has 0 aromatic heterocycles. The summed E-state index contributed by atoms with van der Waals surface area (Å²) in [5.41, 5.74) is 0.0165. The van der Waals surface area contributed by atoms with Gasteiger partial charge in [-0.15, -0.1) is 0 Å².